The summed E-state index contributed by atoms with van der Waals surface area (Å²) in [7, 11) is -3.85. The van der Waals surface area contributed by atoms with Crippen molar-refractivity contribution < 1.29 is 12.8 Å². The summed E-state index contributed by atoms with van der Waals surface area (Å²) in [6.45, 7) is 3.89. The largest absolute Gasteiger partial charge is 0.316 e. The molecule has 3 rings (SSSR count). The van der Waals surface area contributed by atoms with Crippen LogP contribution in [0.3, 0.4) is 0 Å². The Morgan fingerprint density at radius 2 is 2.19 bits per heavy atom. The predicted molar refractivity (Wildman–Crippen MR) is 74.3 cm³/mol. The van der Waals surface area contributed by atoms with Gasteiger partial charge in [0.15, 0.2) is 0 Å². The molecule has 1 aromatic rings. The Kier molecular flexibility index (Phi) is 3.48. The summed E-state index contributed by atoms with van der Waals surface area (Å²) in [4.78, 5) is -0.232. The first-order valence-corrected chi connectivity index (χ1v) is 8.32. The van der Waals surface area contributed by atoms with Crippen molar-refractivity contribution in [1.29, 1.82) is 5.26 Å². The van der Waals surface area contributed by atoms with Crippen LogP contribution < -0.4 is 5.32 Å². The number of rotatable bonds is 2. The van der Waals surface area contributed by atoms with E-state index in [1.807, 2.05) is 6.92 Å². The molecule has 0 amide bonds. The van der Waals surface area contributed by atoms with Crippen molar-refractivity contribution in [2.45, 2.75) is 17.9 Å². The molecule has 5 nitrogen and oxygen atoms in total. The second-order valence-electron chi connectivity index (χ2n) is 5.62. The molecule has 2 saturated heterocycles. The van der Waals surface area contributed by atoms with Gasteiger partial charge in [-0.25, -0.2) is 12.8 Å². The molecule has 0 saturated carbocycles. The first-order chi connectivity index (χ1) is 9.96. The van der Waals surface area contributed by atoms with Crippen LogP contribution in [0.15, 0.2) is 23.1 Å². The fourth-order valence-corrected chi connectivity index (χ4v) is 5.29. The van der Waals surface area contributed by atoms with E-state index in [1.54, 1.807) is 6.07 Å². The van der Waals surface area contributed by atoms with Gasteiger partial charge in [-0.05, 0) is 44.0 Å². The highest BCUT2D eigenvalue weighted by Crippen LogP contribution is 2.36. The van der Waals surface area contributed by atoms with E-state index in [9.17, 15) is 12.8 Å². The van der Waals surface area contributed by atoms with E-state index in [4.69, 9.17) is 5.26 Å². The zero-order valence-corrected chi connectivity index (χ0v) is 12.4. The summed E-state index contributed by atoms with van der Waals surface area (Å²) < 4.78 is 40.7. The van der Waals surface area contributed by atoms with Gasteiger partial charge in [0.25, 0.3) is 0 Å². The third-order valence-electron chi connectivity index (χ3n) is 4.55. The van der Waals surface area contributed by atoms with Crippen molar-refractivity contribution in [3.63, 3.8) is 0 Å². The zero-order chi connectivity index (χ0) is 15.2. The molecule has 2 fully saturated rings. The Morgan fingerprint density at radius 3 is 2.86 bits per heavy atom. The van der Waals surface area contributed by atoms with E-state index < -0.39 is 21.4 Å². The molecule has 112 valence electrons. The third-order valence-corrected chi connectivity index (χ3v) is 6.55. The van der Waals surface area contributed by atoms with Gasteiger partial charge in [0.2, 0.25) is 10.0 Å². The monoisotopic (exact) mass is 309 g/mol. The normalized spacial score (nSPS) is 29.3. The molecule has 0 aliphatic carbocycles. The Labute approximate surface area is 123 Å². The fraction of sp³-hybridized carbons (Fsp3) is 0.500. The second-order valence-corrected chi connectivity index (χ2v) is 7.48. The molecule has 0 bridgehead atoms. The molecule has 1 aromatic carbocycles. The van der Waals surface area contributed by atoms with Gasteiger partial charge < -0.3 is 5.32 Å². The van der Waals surface area contributed by atoms with E-state index in [-0.39, 0.29) is 22.8 Å². The van der Waals surface area contributed by atoms with E-state index in [0.717, 1.165) is 19.2 Å². The number of hydrogen-bond acceptors (Lipinski definition) is 4. The number of fused-ring (bicyclic) bond motifs is 1. The van der Waals surface area contributed by atoms with Gasteiger partial charge in [-0.2, -0.15) is 9.57 Å². The molecule has 0 radical (unpaired) electrons. The lowest BCUT2D eigenvalue weighted by atomic mass is 9.95. The summed E-state index contributed by atoms with van der Waals surface area (Å²) in [6.07, 6.45) is 0. The van der Waals surface area contributed by atoms with Crippen LogP contribution in [-0.2, 0) is 10.0 Å². The minimum atomic E-state index is -3.85. The molecule has 1 N–H and O–H groups in total. The summed E-state index contributed by atoms with van der Waals surface area (Å²) >= 11 is 0. The molecule has 0 spiro atoms. The maximum atomic E-state index is 13.7. The van der Waals surface area contributed by atoms with Gasteiger partial charge in [0.05, 0.1) is 0 Å². The Hall–Kier alpha value is -1.49. The van der Waals surface area contributed by atoms with Crippen molar-refractivity contribution in [3.05, 3.63) is 29.6 Å². The second kappa shape index (κ2) is 5.05. The van der Waals surface area contributed by atoms with Crippen molar-refractivity contribution in [3.8, 4) is 6.07 Å². The molecule has 3 atom stereocenters. The molecular formula is C14H16FN3O2S. The van der Waals surface area contributed by atoms with Crippen LogP contribution in [-0.4, -0.2) is 38.4 Å². The molecule has 2 aliphatic heterocycles. The third kappa shape index (κ3) is 2.14. The molecule has 0 aromatic heterocycles. The van der Waals surface area contributed by atoms with Gasteiger partial charge in [0.1, 0.15) is 22.3 Å². The average molecular weight is 309 g/mol. The van der Waals surface area contributed by atoms with Crippen LogP contribution in [0, 0.1) is 29.0 Å². The van der Waals surface area contributed by atoms with Crippen LogP contribution in [0.25, 0.3) is 0 Å². The molecule has 3 unspecified atom stereocenters. The van der Waals surface area contributed by atoms with E-state index in [1.165, 1.54) is 16.4 Å². The van der Waals surface area contributed by atoms with E-state index in [2.05, 4.69) is 5.32 Å². The van der Waals surface area contributed by atoms with Gasteiger partial charge in [-0.15, -0.1) is 0 Å². The molecular weight excluding hydrogens is 293 g/mol. The quantitative estimate of drug-likeness (QED) is 0.882. The van der Waals surface area contributed by atoms with Gasteiger partial charge in [-0.3, -0.25) is 0 Å². The number of nitrogens with zero attached hydrogens (tertiary/aromatic N) is 2. The molecule has 7 heteroatoms. The summed E-state index contributed by atoms with van der Waals surface area (Å²) in [5, 5.41) is 12.3. The lowest BCUT2D eigenvalue weighted by Crippen LogP contribution is -2.38. The first-order valence-electron chi connectivity index (χ1n) is 6.88. The van der Waals surface area contributed by atoms with Crippen molar-refractivity contribution in [2.75, 3.05) is 19.6 Å². The molecule has 21 heavy (non-hydrogen) atoms. The number of sulfonamides is 1. The number of benzene rings is 1. The Morgan fingerprint density at radius 1 is 1.43 bits per heavy atom. The topological polar surface area (TPSA) is 73.2 Å². The average Bonchev–Trinajstić information content (AvgIpc) is 3.02. The molecule has 2 aliphatic rings. The number of hydrogen-bond donors (Lipinski definition) is 1. The molecule has 2 heterocycles. The van der Waals surface area contributed by atoms with E-state index in [0.29, 0.717) is 6.54 Å². The summed E-state index contributed by atoms with van der Waals surface area (Å²) in [6, 6.07) is 5.25. The maximum absolute atomic E-state index is 13.7. The van der Waals surface area contributed by atoms with Crippen LogP contribution in [0.4, 0.5) is 4.39 Å². The summed E-state index contributed by atoms with van der Waals surface area (Å²) in [5.41, 5.74) is -0.403. The lowest BCUT2D eigenvalue weighted by molar-refractivity contribution is 0.360. The zero-order valence-electron chi connectivity index (χ0n) is 11.6. The maximum Gasteiger partial charge on any atom is 0.244 e. The van der Waals surface area contributed by atoms with Gasteiger partial charge >= 0.3 is 0 Å². The van der Waals surface area contributed by atoms with Crippen molar-refractivity contribution in [2.24, 2.45) is 11.8 Å². The predicted octanol–water partition coefficient (Wildman–Crippen LogP) is 0.926. The number of nitriles is 1. The van der Waals surface area contributed by atoms with Crippen molar-refractivity contribution in [1.82, 2.24) is 9.62 Å². The standard InChI is InChI=1S/C14H16FN3O2S/c1-9-12-7-17-6-10(12)8-18(9)21(19,20)14-4-2-3-13(15)11(14)5-16/h2-4,9-10,12,17H,6-8H2,1H3. The first kappa shape index (κ1) is 14.4. The Balaban J connectivity index is 2.03. The highest BCUT2D eigenvalue weighted by atomic mass is 32.2. The highest BCUT2D eigenvalue weighted by molar-refractivity contribution is 7.89. The van der Waals surface area contributed by atoms with Crippen LogP contribution in [0.5, 0.6) is 0 Å². The smallest absolute Gasteiger partial charge is 0.244 e. The van der Waals surface area contributed by atoms with Crippen LogP contribution in [0.2, 0.25) is 0 Å². The van der Waals surface area contributed by atoms with Gasteiger partial charge in [-0.1, -0.05) is 6.07 Å². The van der Waals surface area contributed by atoms with E-state index >= 15 is 0 Å². The minimum Gasteiger partial charge on any atom is -0.316 e. The number of halogens is 1. The van der Waals surface area contributed by atoms with Gasteiger partial charge in [0, 0.05) is 12.6 Å². The van der Waals surface area contributed by atoms with Crippen molar-refractivity contribution >= 4 is 10.0 Å². The summed E-state index contributed by atoms with van der Waals surface area (Å²) in [5.74, 6) is -0.236. The number of nitrogens with one attached hydrogen (secondary N) is 1. The van der Waals surface area contributed by atoms with Crippen LogP contribution in [0.1, 0.15) is 12.5 Å². The van der Waals surface area contributed by atoms with Crippen LogP contribution >= 0.6 is 0 Å². The minimum absolute atomic E-state index is 0.148. The highest BCUT2D eigenvalue weighted by Gasteiger charge is 2.47. The SMILES string of the molecule is CC1C2CNCC2CN1S(=O)(=O)c1cccc(F)c1C#N. The fourth-order valence-electron chi connectivity index (χ4n) is 3.40. The lowest BCUT2D eigenvalue weighted by Gasteiger charge is -2.24. The Bertz CT molecular complexity index is 713.